The average Bonchev–Trinajstić information content (AvgIpc) is 3.18. The second-order valence-corrected chi connectivity index (χ2v) is 5.41. The zero-order valence-electron chi connectivity index (χ0n) is 11.2. The Kier molecular flexibility index (Phi) is 3.16. The molecule has 2 aliphatic carbocycles. The van der Waals surface area contributed by atoms with Crippen molar-refractivity contribution in [2.75, 3.05) is 27.3 Å². The molecule has 0 aromatic heterocycles. The first-order valence-corrected chi connectivity index (χ1v) is 6.77. The van der Waals surface area contributed by atoms with Crippen LogP contribution in [0.25, 0.3) is 0 Å². The van der Waals surface area contributed by atoms with Crippen molar-refractivity contribution >= 4 is 0 Å². The molecule has 3 heteroatoms. The van der Waals surface area contributed by atoms with Gasteiger partial charge in [-0.1, -0.05) is 0 Å². The highest BCUT2D eigenvalue weighted by molar-refractivity contribution is 5.53. The minimum atomic E-state index is 0.651. The number of rotatable bonds is 6. The van der Waals surface area contributed by atoms with Crippen molar-refractivity contribution in [3.8, 4) is 11.5 Å². The maximum absolute atomic E-state index is 5.36. The second-order valence-electron chi connectivity index (χ2n) is 5.41. The molecule has 1 atom stereocenters. The van der Waals surface area contributed by atoms with E-state index >= 15 is 0 Å². The van der Waals surface area contributed by atoms with Crippen molar-refractivity contribution in [1.29, 1.82) is 0 Å². The Hall–Kier alpha value is -1.22. The molecule has 1 aromatic carbocycles. The molecule has 98 valence electrons. The van der Waals surface area contributed by atoms with Crippen LogP contribution in [0.1, 0.15) is 29.9 Å². The van der Waals surface area contributed by atoms with Gasteiger partial charge in [-0.25, -0.2) is 0 Å². The van der Waals surface area contributed by atoms with E-state index in [0.717, 1.165) is 30.4 Å². The predicted octanol–water partition coefficient (Wildman–Crippen LogP) is 2.34. The van der Waals surface area contributed by atoms with Crippen LogP contribution >= 0.6 is 0 Å². The first kappa shape index (κ1) is 11.8. The lowest BCUT2D eigenvalue weighted by Gasteiger charge is -2.31. The normalized spacial score (nSPS) is 21.1. The van der Waals surface area contributed by atoms with Gasteiger partial charge in [0, 0.05) is 12.5 Å². The minimum absolute atomic E-state index is 0.651. The molecule has 0 saturated heterocycles. The largest absolute Gasteiger partial charge is 0.493 e. The van der Waals surface area contributed by atoms with E-state index in [9.17, 15) is 0 Å². The molecule has 1 aromatic rings. The van der Waals surface area contributed by atoms with E-state index in [1.807, 2.05) is 0 Å². The van der Waals surface area contributed by atoms with Crippen molar-refractivity contribution in [2.45, 2.75) is 25.2 Å². The molecule has 3 rings (SSSR count). The summed E-state index contributed by atoms with van der Waals surface area (Å²) < 4.78 is 10.7. The third kappa shape index (κ3) is 2.19. The number of methoxy groups -OCH3 is 2. The summed E-state index contributed by atoms with van der Waals surface area (Å²) in [5.41, 5.74) is 2.84. The van der Waals surface area contributed by atoms with Gasteiger partial charge in [0.1, 0.15) is 0 Å². The molecular formula is C15H21NO2. The molecule has 0 bridgehead atoms. The topological polar surface area (TPSA) is 30.5 Å². The third-order valence-electron chi connectivity index (χ3n) is 4.07. The van der Waals surface area contributed by atoms with Gasteiger partial charge in [-0.2, -0.15) is 0 Å². The summed E-state index contributed by atoms with van der Waals surface area (Å²) in [7, 11) is 3.39. The van der Waals surface area contributed by atoms with Gasteiger partial charge < -0.3 is 14.8 Å². The van der Waals surface area contributed by atoms with Gasteiger partial charge in [-0.15, -0.1) is 0 Å². The maximum Gasteiger partial charge on any atom is 0.161 e. The fraction of sp³-hybridized carbons (Fsp3) is 0.600. The Morgan fingerprint density at radius 3 is 2.50 bits per heavy atom. The van der Waals surface area contributed by atoms with Gasteiger partial charge >= 0.3 is 0 Å². The van der Waals surface area contributed by atoms with Crippen molar-refractivity contribution in [3.05, 3.63) is 23.3 Å². The standard InChI is InChI=1S/C15H21NO2/c1-17-14-6-11-5-12(9-16-8-10-3-4-10)13(11)7-15(14)18-2/h6-7,10,12,16H,3-5,8-9H2,1-2H3/t12-/m1/s1. The number of hydrogen-bond acceptors (Lipinski definition) is 3. The summed E-state index contributed by atoms with van der Waals surface area (Å²) in [6.07, 6.45) is 3.99. The van der Waals surface area contributed by atoms with E-state index in [4.69, 9.17) is 9.47 Å². The predicted molar refractivity (Wildman–Crippen MR) is 71.6 cm³/mol. The van der Waals surface area contributed by atoms with E-state index in [1.54, 1.807) is 14.2 Å². The zero-order valence-corrected chi connectivity index (χ0v) is 11.2. The lowest BCUT2D eigenvalue weighted by Crippen LogP contribution is -2.30. The number of hydrogen-bond donors (Lipinski definition) is 1. The number of benzene rings is 1. The number of nitrogens with one attached hydrogen (secondary N) is 1. The van der Waals surface area contributed by atoms with Gasteiger partial charge in [0.05, 0.1) is 14.2 Å². The Labute approximate surface area is 108 Å². The van der Waals surface area contributed by atoms with Crippen LogP contribution in [-0.4, -0.2) is 27.3 Å². The summed E-state index contributed by atoms with van der Waals surface area (Å²) >= 11 is 0. The summed E-state index contributed by atoms with van der Waals surface area (Å²) in [5, 5.41) is 3.58. The summed E-state index contributed by atoms with van der Waals surface area (Å²) in [6, 6.07) is 4.26. The Morgan fingerprint density at radius 1 is 1.11 bits per heavy atom. The highest BCUT2D eigenvalue weighted by Gasteiger charge is 2.29. The van der Waals surface area contributed by atoms with Gasteiger partial charge in [0.2, 0.25) is 0 Å². The van der Waals surface area contributed by atoms with Gasteiger partial charge in [-0.05, 0) is 55.0 Å². The van der Waals surface area contributed by atoms with Crippen molar-refractivity contribution < 1.29 is 9.47 Å². The smallest absolute Gasteiger partial charge is 0.161 e. The highest BCUT2D eigenvalue weighted by atomic mass is 16.5. The van der Waals surface area contributed by atoms with Crippen LogP contribution in [-0.2, 0) is 6.42 Å². The van der Waals surface area contributed by atoms with E-state index < -0.39 is 0 Å². The quantitative estimate of drug-likeness (QED) is 0.837. The lowest BCUT2D eigenvalue weighted by molar-refractivity contribution is 0.351. The molecule has 1 fully saturated rings. The molecule has 0 heterocycles. The summed E-state index contributed by atoms with van der Waals surface area (Å²) in [6.45, 7) is 2.29. The summed E-state index contributed by atoms with van der Waals surface area (Å²) in [4.78, 5) is 0. The molecule has 0 radical (unpaired) electrons. The second kappa shape index (κ2) is 4.81. The number of fused-ring (bicyclic) bond motifs is 1. The lowest BCUT2D eigenvalue weighted by atomic mass is 9.77. The number of ether oxygens (including phenoxy) is 2. The van der Waals surface area contributed by atoms with Gasteiger partial charge in [0.25, 0.3) is 0 Å². The fourth-order valence-electron chi connectivity index (χ4n) is 2.70. The highest BCUT2D eigenvalue weighted by Crippen LogP contribution is 2.42. The van der Waals surface area contributed by atoms with Gasteiger partial charge in [0.15, 0.2) is 11.5 Å². The molecule has 1 N–H and O–H groups in total. The molecule has 0 aliphatic heterocycles. The van der Waals surface area contributed by atoms with Crippen molar-refractivity contribution in [2.24, 2.45) is 5.92 Å². The Morgan fingerprint density at radius 2 is 1.83 bits per heavy atom. The molecule has 18 heavy (non-hydrogen) atoms. The monoisotopic (exact) mass is 247 g/mol. The van der Waals surface area contributed by atoms with Crippen LogP contribution in [0.15, 0.2) is 12.1 Å². The van der Waals surface area contributed by atoms with Crippen LogP contribution in [0, 0.1) is 5.92 Å². The Bertz CT molecular complexity index is 440. The Balaban J connectivity index is 1.64. The molecule has 0 spiro atoms. The van der Waals surface area contributed by atoms with Crippen molar-refractivity contribution in [1.82, 2.24) is 5.32 Å². The molecular weight excluding hydrogens is 226 g/mol. The van der Waals surface area contributed by atoms with Crippen LogP contribution in [0.3, 0.4) is 0 Å². The van der Waals surface area contributed by atoms with Crippen LogP contribution in [0.2, 0.25) is 0 Å². The SMILES string of the molecule is COc1cc2c(cc1OC)[C@@H](CNCC1CC1)C2. The van der Waals surface area contributed by atoms with Crippen molar-refractivity contribution in [3.63, 3.8) is 0 Å². The molecule has 0 unspecified atom stereocenters. The van der Waals surface area contributed by atoms with E-state index in [0.29, 0.717) is 5.92 Å². The molecule has 1 saturated carbocycles. The van der Waals surface area contributed by atoms with Crippen LogP contribution in [0.4, 0.5) is 0 Å². The molecule has 0 amide bonds. The zero-order chi connectivity index (χ0) is 12.5. The first-order chi connectivity index (χ1) is 8.81. The van der Waals surface area contributed by atoms with Crippen LogP contribution < -0.4 is 14.8 Å². The fourth-order valence-corrected chi connectivity index (χ4v) is 2.70. The first-order valence-electron chi connectivity index (χ1n) is 6.77. The molecule has 2 aliphatic rings. The van der Waals surface area contributed by atoms with Gasteiger partial charge in [-0.3, -0.25) is 0 Å². The minimum Gasteiger partial charge on any atom is -0.493 e. The summed E-state index contributed by atoms with van der Waals surface area (Å²) in [5.74, 6) is 3.30. The van der Waals surface area contributed by atoms with E-state index in [2.05, 4.69) is 17.4 Å². The van der Waals surface area contributed by atoms with E-state index in [1.165, 1.54) is 30.5 Å². The average molecular weight is 247 g/mol. The maximum atomic E-state index is 5.36. The van der Waals surface area contributed by atoms with Crippen LogP contribution in [0.5, 0.6) is 11.5 Å². The third-order valence-corrected chi connectivity index (χ3v) is 4.07. The molecule has 3 nitrogen and oxygen atoms in total. The van der Waals surface area contributed by atoms with E-state index in [-0.39, 0.29) is 0 Å².